The van der Waals surface area contributed by atoms with Gasteiger partial charge in [0.15, 0.2) is 0 Å². The highest BCUT2D eigenvalue weighted by Crippen LogP contribution is 2.28. The lowest BCUT2D eigenvalue weighted by molar-refractivity contribution is -0.140. The number of aliphatic carboxylic acids is 1. The van der Waals surface area contributed by atoms with Crippen molar-refractivity contribution in [3.05, 3.63) is 11.4 Å². The molecule has 0 aromatic carbocycles. The van der Waals surface area contributed by atoms with Gasteiger partial charge in [0, 0.05) is 13.1 Å². The first-order chi connectivity index (χ1) is 7.09. The number of nitrogens with zero attached hydrogens (tertiary/aromatic N) is 2. The van der Waals surface area contributed by atoms with Gasteiger partial charge >= 0.3 is 5.97 Å². The second-order valence-corrected chi connectivity index (χ2v) is 4.05. The van der Waals surface area contributed by atoms with Crippen molar-refractivity contribution in [2.24, 2.45) is 5.92 Å². The number of carboxylic acid groups (broad SMARTS) is 1. The summed E-state index contributed by atoms with van der Waals surface area (Å²) in [6, 6.07) is 0. The summed E-state index contributed by atoms with van der Waals surface area (Å²) in [6.45, 7) is 5.30. The van der Waals surface area contributed by atoms with Crippen LogP contribution >= 0.6 is 0 Å². The summed E-state index contributed by atoms with van der Waals surface area (Å²) < 4.78 is 0. The van der Waals surface area contributed by atoms with Crippen molar-refractivity contribution in [2.45, 2.75) is 20.3 Å². The number of aromatic nitrogens is 2. The van der Waals surface area contributed by atoms with Gasteiger partial charge < -0.3 is 10.0 Å². The van der Waals surface area contributed by atoms with E-state index < -0.39 is 5.97 Å². The van der Waals surface area contributed by atoms with E-state index in [4.69, 9.17) is 5.11 Å². The van der Waals surface area contributed by atoms with Gasteiger partial charge in [0.1, 0.15) is 0 Å². The summed E-state index contributed by atoms with van der Waals surface area (Å²) in [5.41, 5.74) is 3.02. The molecule has 0 radical (unpaired) electrons. The predicted octanol–water partition coefficient (Wildman–Crippen LogP) is 0.937. The van der Waals surface area contributed by atoms with Crippen LogP contribution in [0.15, 0.2) is 0 Å². The first kappa shape index (κ1) is 10.0. The molecule has 82 valence electrons. The second kappa shape index (κ2) is 3.56. The Morgan fingerprint density at radius 3 is 2.80 bits per heavy atom. The van der Waals surface area contributed by atoms with E-state index in [1.807, 2.05) is 13.8 Å². The average molecular weight is 209 g/mol. The van der Waals surface area contributed by atoms with Crippen LogP contribution in [0.1, 0.15) is 17.8 Å². The Kier molecular flexibility index (Phi) is 2.38. The van der Waals surface area contributed by atoms with E-state index in [0.717, 1.165) is 30.0 Å². The molecule has 1 fully saturated rings. The molecule has 1 aromatic rings. The number of aryl methyl sites for hydroxylation is 2. The third kappa shape index (κ3) is 1.69. The van der Waals surface area contributed by atoms with Crippen molar-refractivity contribution in [1.82, 2.24) is 10.2 Å². The van der Waals surface area contributed by atoms with Crippen LogP contribution in [0, 0.1) is 19.8 Å². The summed E-state index contributed by atoms with van der Waals surface area (Å²) in [5, 5.41) is 16.0. The highest BCUT2D eigenvalue weighted by atomic mass is 16.4. The third-order valence-corrected chi connectivity index (χ3v) is 2.94. The largest absolute Gasteiger partial charge is 0.481 e. The number of hydrogen-bond acceptors (Lipinski definition) is 3. The summed E-state index contributed by atoms with van der Waals surface area (Å²) in [4.78, 5) is 12.9. The molecule has 0 amide bonds. The van der Waals surface area contributed by atoms with Gasteiger partial charge in [-0.15, -0.1) is 0 Å². The van der Waals surface area contributed by atoms with E-state index in [9.17, 15) is 4.79 Å². The highest BCUT2D eigenvalue weighted by molar-refractivity contribution is 5.72. The summed E-state index contributed by atoms with van der Waals surface area (Å²) in [7, 11) is 0. The first-order valence-corrected chi connectivity index (χ1v) is 5.09. The van der Waals surface area contributed by atoms with Gasteiger partial charge in [-0.2, -0.15) is 5.10 Å². The van der Waals surface area contributed by atoms with Crippen molar-refractivity contribution < 1.29 is 9.90 Å². The van der Waals surface area contributed by atoms with Gasteiger partial charge in [-0.25, -0.2) is 0 Å². The number of rotatable bonds is 2. The smallest absolute Gasteiger partial charge is 0.308 e. The van der Waals surface area contributed by atoms with E-state index in [0.29, 0.717) is 6.54 Å². The van der Waals surface area contributed by atoms with Crippen LogP contribution in [-0.4, -0.2) is 34.4 Å². The Balaban J connectivity index is 2.17. The molecule has 0 bridgehead atoms. The first-order valence-electron chi connectivity index (χ1n) is 5.09. The molecule has 2 N–H and O–H groups in total. The fourth-order valence-electron chi connectivity index (χ4n) is 2.18. The molecule has 1 aliphatic heterocycles. The van der Waals surface area contributed by atoms with Crippen LogP contribution in [0.5, 0.6) is 0 Å². The van der Waals surface area contributed by atoms with Crippen molar-refractivity contribution in [1.29, 1.82) is 0 Å². The molecule has 1 aromatic heterocycles. The van der Waals surface area contributed by atoms with Gasteiger partial charge in [-0.1, -0.05) is 0 Å². The van der Waals surface area contributed by atoms with E-state index >= 15 is 0 Å². The summed E-state index contributed by atoms with van der Waals surface area (Å²) in [6.07, 6.45) is 0.722. The molecule has 5 heteroatoms. The molecule has 1 unspecified atom stereocenters. The maximum Gasteiger partial charge on any atom is 0.308 e. The lowest BCUT2D eigenvalue weighted by Crippen LogP contribution is -2.23. The molecule has 5 nitrogen and oxygen atoms in total. The van der Waals surface area contributed by atoms with Crippen LogP contribution in [0.2, 0.25) is 0 Å². The van der Waals surface area contributed by atoms with Crippen molar-refractivity contribution in [3.8, 4) is 0 Å². The quantitative estimate of drug-likeness (QED) is 0.760. The van der Waals surface area contributed by atoms with Crippen LogP contribution in [0.3, 0.4) is 0 Å². The molecule has 0 saturated carbocycles. The van der Waals surface area contributed by atoms with Gasteiger partial charge in [0.2, 0.25) is 0 Å². The third-order valence-electron chi connectivity index (χ3n) is 2.94. The molecular formula is C10H15N3O2. The number of hydrogen-bond donors (Lipinski definition) is 2. The lowest BCUT2D eigenvalue weighted by atomic mass is 10.1. The zero-order chi connectivity index (χ0) is 11.0. The number of anilines is 1. The minimum Gasteiger partial charge on any atom is -0.481 e. The van der Waals surface area contributed by atoms with Crippen LogP contribution in [0.4, 0.5) is 5.69 Å². The van der Waals surface area contributed by atoms with Gasteiger partial charge in [0.25, 0.3) is 0 Å². The minimum absolute atomic E-state index is 0.237. The number of aromatic amines is 1. The maximum absolute atomic E-state index is 10.8. The molecule has 1 aliphatic rings. The summed E-state index contributed by atoms with van der Waals surface area (Å²) >= 11 is 0. The average Bonchev–Trinajstić information content (AvgIpc) is 2.73. The standard InChI is InChI=1S/C10H15N3O2/c1-6-9(7(2)12-11-6)13-4-3-8(5-13)10(14)15/h8H,3-5H2,1-2H3,(H,11,12)(H,14,15). The molecule has 1 atom stereocenters. The lowest BCUT2D eigenvalue weighted by Gasteiger charge is -2.17. The number of H-pyrrole nitrogens is 1. The molecule has 0 spiro atoms. The predicted molar refractivity (Wildman–Crippen MR) is 56.0 cm³/mol. The van der Waals surface area contributed by atoms with E-state index in [1.54, 1.807) is 0 Å². The van der Waals surface area contributed by atoms with E-state index in [1.165, 1.54) is 0 Å². The van der Waals surface area contributed by atoms with Crippen LogP contribution in [0.25, 0.3) is 0 Å². The highest BCUT2D eigenvalue weighted by Gasteiger charge is 2.30. The van der Waals surface area contributed by atoms with Crippen LogP contribution in [-0.2, 0) is 4.79 Å². The topological polar surface area (TPSA) is 69.2 Å². The van der Waals surface area contributed by atoms with Gasteiger partial charge in [-0.05, 0) is 20.3 Å². The number of carboxylic acids is 1. The van der Waals surface area contributed by atoms with Gasteiger partial charge in [0.05, 0.1) is 23.0 Å². The Labute approximate surface area is 88.1 Å². The SMILES string of the molecule is Cc1n[nH]c(C)c1N1CCC(C(=O)O)C1. The molecule has 2 heterocycles. The van der Waals surface area contributed by atoms with Crippen molar-refractivity contribution in [3.63, 3.8) is 0 Å². The number of nitrogens with one attached hydrogen (secondary N) is 1. The van der Waals surface area contributed by atoms with Crippen molar-refractivity contribution in [2.75, 3.05) is 18.0 Å². The van der Waals surface area contributed by atoms with E-state index in [-0.39, 0.29) is 5.92 Å². The second-order valence-electron chi connectivity index (χ2n) is 4.05. The zero-order valence-corrected chi connectivity index (χ0v) is 8.95. The molecule has 0 aliphatic carbocycles. The molecule has 2 rings (SSSR count). The monoisotopic (exact) mass is 209 g/mol. The Hall–Kier alpha value is -1.52. The van der Waals surface area contributed by atoms with Crippen molar-refractivity contribution >= 4 is 11.7 Å². The fraction of sp³-hybridized carbons (Fsp3) is 0.600. The van der Waals surface area contributed by atoms with Gasteiger partial charge in [-0.3, -0.25) is 9.89 Å². The summed E-state index contributed by atoms with van der Waals surface area (Å²) in [5.74, 6) is -0.935. The fourth-order valence-corrected chi connectivity index (χ4v) is 2.18. The normalized spacial score (nSPS) is 20.9. The molecule has 1 saturated heterocycles. The Bertz CT molecular complexity index is 367. The Morgan fingerprint density at radius 1 is 1.60 bits per heavy atom. The molecular weight excluding hydrogens is 194 g/mol. The number of carbonyl (C=O) groups is 1. The maximum atomic E-state index is 10.8. The van der Waals surface area contributed by atoms with E-state index in [2.05, 4.69) is 15.1 Å². The Morgan fingerprint density at radius 2 is 2.33 bits per heavy atom. The zero-order valence-electron chi connectivity index (χ0n) is 8.95. The minimum atomic E-state index is -0.698. The van der Waals surface area contributed by atoms with Crippen LogP contribution < -0.4 is 4.90 Å². The molecule has 15 heavy (non-hydrogen) atoms.